The summed E-state index contributed by atoms with van der Waals surface area (Å²) in [5.41, 5.74) is 29.6. The van der Waals surface area contributed by atoms with Gasteiger partial charge in [-0.25, -0.2) is 0 Å². The molecular formula is C95H68N4. The lowest BCUT2D eigenvalue weighted by Gasteiger charge is -2.33. The molecular weight excluding hydrogens is 1200 g/mol. The molecule has 0 atom stereocenters. The summed E-state index contributed by atoms with van der Waals surface area (Å²) in [6.07, 6.45) is 0. The van der Waals surface area contributed by atoms with Gasteiger partial charge in [0.05, 0.1) is 16.8 Å². The van der Waals surface area contributed by atoms with Gasteiger partial charge in [0, 0.05) is 67.6 Å². The van der Waals surface area contributed by atoms with E-state index in [1.165, 1.54) is 60.8 Å². The summed E-state index contributed by atoms with van der Waals surface area (Å²) < 4.78 is 0. The lowest BCUT2D eigenvalue weighted by Crippen LogP contribution is -2.26. The first kappa shape index (κ1) is 58.8. The van der Waals surface area contributed by atoms with Crippen molar-refractivity contribution in [1.82, 2.24) is 0 Å². The smallest absolute Gasteiger partial charge is 0.0727 e. The Morgan fingerprint density at radius 1 is 0.192 bits per heavy atom. The fourth-order valence-corrected chi connectivity index (χ4v) is 15.9. The number of rotatable bonds is 14. The molecule has 0 N–H and O–H groups in total. The first-order valence-electron chi connectivity index (χ1n) is 34.2. The molecule has 468 valence electrons. The maximum Gasteiger partial charge on any atom is 0.0727 e. The van der Waals surface area contributed by atoms with Gasteiger partial charge < -0.3 is 19.6 Å². The minimum absolute atomic E-state index is 0.624. The third-order valence-electron chi connectivity index (χ3n) is 20.2. The van der Waals surface area contributed by atoms with Gasteiger partial charge in [0.2, 0.25) is 0 Å². The molecule has 0 fully saturated rings. The van der Waals surface area contributed by atoms with E-state index in [-0.39, 0.29) is 0 Å². The molecule has 16 aromatic rings. The van der Waals surface area contributed by atoms with E-state index in [0.29, 0.717) is 0 Å². The summed E-state index contributed by atoms with van der Waals surface area (Å²) in [7, 11) is 0. The van der Waals surface area contributed by atoms with Gasteiger partial charge in [-0.2, -0.15) is 0 Å². The number of hydrogen-bond donors (Lipinski definition) is 0. The molecule has 0 amide bonds. The van der Waals surface area contributed by atoms with Crippen molar-refractivity contribution in [1.29, 1.82) is 0 Å². The van der Waals surface area contributed by atoms with Gasteiger partial charge in [-0.05, 0) is 242 Å². The fourth-order valence-electron chi connectivity index (χ4n) is 15.9. The monoisotopic (exact) mass is 1260 g/mol. The van der Waals surface area contributed by atoms with Crippen molar-refractivity contribution >= 4 is 89.8 Å². The number of hydrogen-bond acceptors (Lipinski definition) is 4. The second-order valence-corrected chi connectivity index (χ2v) is 26.2. The molecule has 0 unspecified atom stereocenters. The fraction of sp³-hybridized carbons (Fsp3) is 0.0316. The van der Waals surface area contributed by atoms with Crippen molar-refractivity contribution in [2.75, 3.05) is 19.6 Å². The third kappa shape index (κ3) is 10.1. The minimum Gasteiger partial charge on any atom is -0.310 e. The molecule has 18 rings (SSSR count). The summed E-state index contributed by atoms with van der Waals surface area (Å²) in [6, 6.07) is 139. The van der Waals surface area contributed by atoms with Gasteiger partial charge in [-0.1, -0.05) is 237 Å². The molecule has 0 saturated heterocycles. The number of anilines is 12. The highest BCUT2D eigenvalue weighted by Crippen LogP contribution is 2.64. The van der Waals surface area contributed by atoms with Crippen LogP contribution in [0, 0.1) is 13.8 Å². The lowest BCUT2D eigenvalue weighted by molar-refractivity contribution is 0.793. The Bertz CT molecular complexity index is 5660. The average Bonchev–Trinajstić information content (AvgIpc) is 1.51. The number of nitrogens with zero attached hydrogens (tertiary/aromatic N) is 4. The zero-order valence-electron chi connectivity index (χ0n) is 55.1. The quantitative estimate of drug-likeness (QED) is 0.108. The van der Waals surface area contributed by atoms with Gasteiger partial charge in [0.25, 0.3) is 0 Å². The van der Waals surface area contributed by atoms with Crippen LogP contribution in [0.1, 0.15) is 33.4 Å². The molecule has 0 heterocycles. The van der Waals surface area contributed by atoms with Crippen LogP contribution in [-0.4, -0.2) is 0 Å². The first-order valence-corrected chi connectivity index (χ1v) is 34.2. The van der Waals surface area contributed by atoms with E-state index >= 15 is 0 Å². The standard InChI is InChI=1S/C95H68N4/c1-65-25-23-37-79(58-65)96(73-29-7-3-8-30-73)80-53-55-87-88-56-54-81(64-92(88)95(91(87)63-80)89-42-21-19-40-85(89)86-41-20-22-43-90(86)95)97(74-31-9-4-10-32-74)82-59-66(2)57-71(61-82)72-60-70-27-16-18-39-84(70)94(62-72)99(76-35-13-6-14-36-76)78-51-47-68(48-52-78)67-45-49-77(50-46-67)98(75-33-11-5-12-34-75)93-44-24-28-69-26-15-17-38-83(69)93/h3-64H,1-2H3. The minimum atomic E-state index is -0.624. The Hall–Kier alpha value is -12.8. The van der Waals surface area contributed by atoms with Crippen LogP contribution in [0.5, 0.6) is 0 Å². The SMILES string of the molecule is Cc1cccc(N(c2ccccc2)c2ccc3c(c2)C2(c4ccccc4-c4ccccc42)c2cc(N(c4ccccc4)c4cc(C)cc(-c5cc(N(c6ccccc6)c6ccc(-c7ccc(N(c8ccccc8)c8cccc9ccccc89)cc7)cc6)c6ccccc6c5)c4)ccc2-3)c1. The summed E-state index contributed by atoms with van der Waals surface area (Å²) in [5, 5.41) is 4.74. The van der Waals surface area contributed by atoms with E-state index in [9.17, 15) is 0 Å². The molecule has 4 nitrogen and oxygen atoms in total. The molecule has 0 aliphatic heterocycles. The Kier molecular flexibility index (Phi) is 14.5. The van der Waals surface area contributed by atoms with Crippen molar-refractivity contribution in [3.8, 4) is 44.5 Å². The van der Waals surface area contributed by atoms with E-state index in [2.05, 4.69) is 410 Å². The van der Waals surface area contributed by atoms with Crippen LogP contribution in [0.4, 0.5) is 68.2 Å². The van der Waals surface area contributed by atoms with E-state index in [1.807, 2.05) is 0 Å². The Balaban J connectivity index is 0.745. The highest BCUT2D eigenvalue weighted by Gasteiger charge is 2.52. The molecule has 0 radical (unpaired) electrons. The first-order chi connectivity index (χ1) is 48.9. The summed E-state index contributed by atoms with van der Waals surface area (Å²) in [5.74, 6) is 0. The number of para-hydroxylation sites is 4. The lowest BCUT2D eigenvalue weighted by atomic mass is 9.70. The summed E-state index contributed by atoms with van der Waals surface area (Å²) in [6.45, 7) is 4.41. The van der Waals surface area contributed by atoms with E-state index in [0.717, 1.165) is 107 Å². The molecule has 4 heteroatoms. The van der Waals surface area contributed by atoms with Crippen LogP contribution in [-0.2, 0) is 5.41 Å². The molecule has 0 aromatic heterocycles. The van der Waals surface area contributed by atoms with Crippen LogP contribution < -0.4 is 19.6 Å². The largest absolute Gasteiger partial charge is 0.310 e. The van der Waals surface area contributed by atoms with Crippen LogP contribution in [0.2, 0.25) is 0 Å². The van der Waals surface area contributed by atoms with Gasteiger partial charge in [-0.15, -0.1) is 0 Å². The maximum atomic E-state index is 2.51. The Labute approximate surface area is 579 Å². The normalized spacial score (nSPS) is 12.2. The summed E-state index contributed by atoms with van der Waals surface area (Å²) >= 11 is 0. The van der Waals surface area contributed by atoms with E-state index in [4.69, 9.17) is 0 Å². The van der Waals surface area contributed by atoms with Crippen LogP contribution >= 0.6 is 0 Å². The average molecular weight is 1270 g/mol. The number of benzene rings is 16. The van der Waals surface area contributed by atoms with Gasteiger partial charge in [0.15, 0.2) is 0 Å². The number of aryl methyl sites for hydroxylation is 2. The number of fused-ring (bicyclic) bond motifs is 12. The highest BCUT2D eigenvalue weighted by atomic mass is 15.2. The molecule has 16 aromatic carbocycles. The topological polar surface area (TPSA) is 13.0 Å². The Morgan fingerprint density at radius 2 is 0.566 bits per heavy atom. The molecule has 0 bridgehead atoms. The van der Waals surface area contributed by atoms with Crippen molar-refractivity contribution in [3.63, 3.8) is 0 Å². The van der Waals surface area contributed by atoms with Crippen molar-refractivity contribution in [2.45, 2.75) is 19.3 Å². The van der Waals surface area contributed by atoms with Gasteiger partial charge in [0.1, 0.15) is 0 Å². The van der Waals surface area contributed by atoms with Gasteiger partial charge >= 0.3 is 0 Å². The van der Waals surface area contributed by atoms with Crippen LogP contribution in [0.15, 0.2) is 376 Å². The van der Waals surface area contributed by atoms with Crippen molar-refractivity contribution < 1.29 is 0 Å². The van der Waals surface area contributed by atoms with Crippen LogP contribution in [0.3, 0.4) is 0 Å². The van der Waals surface area contributed by atoms with Crippen molar-refractivity contribution in [2.24, 2.45) is 0 Å². The second kappa shape index (κ2) is 24.5. The van der Waals surface area contributed by atoms with Crippen molar-refractivity contribution in [3.05, 3.63) is 409 Å². The van der Waals surface area contributed by atoms with Gasteiger partial charge in [-0.3, -0.25) is 0 Å². The second-order valence-electron chi connectivity index (χ2n) is 26.2. The maximum absolute atomic E-state index is 2.51. The Morgan fingerprint density at radius 3 is 1.11 bits per heavy atom. The molecule has 0 saturated carbocycles. The summed E-state index contributed by atoms with van der Waals surface area (Å²) in [4.78, 5) is 9.67. The third-order valence-corrected chi connectivity index (χ3v) is 20.2. The predicted molar refractivity (Wildman–Crippen MR) is 417 cm³/mol. The van der Waals surface area contributed by atoms with E-state index < -0.39 is 5.41 Å². The zero-order chi connectivity index (χ0) is 66.0. The zero-order valence-corrected chi connectivity index (χ0v) is 55.1. The highest BCUT2D eigenvalue weighted by molar-refractivity contribution is 6.04. The molecule has 2 aliphatic rings. The predicted octanol–water partition coefficient (Wildman–Crippen LogP) is 26.2. The van der Waals surface area contributed by atoms with Crippen LogP contribution in [0.25, 0.3) is 66.1 Å². The molecule has 1 spiro atoms. The van der Waals surface area contributed by atoms with E-state index in [1.54, 1.807) is 0 Å². The molecule has 99 heavy (non-hydrogen) atoms. The molecule has 2 aliphatic carbocycles.